The van der Waals surface area contributed by atoms with Crippen LogP contribution in [0.15, 0.2) is 35.4 Å². The number of benzene rings is 1. The van der Waals surface area contributed by atoms with Gasteiger partial charge in [0.1, 0.15) is 0 Å². The third kappa shape index (κ3) is 3.74. The second-order valence-electron chi connectivity index (χ2n) is 3.20. The summed E-state index contributed by atoms with van der Waals surface area (Å²) in [5, 5.41) is 3.64. The van der Waals surface area contributed by atoms with Crippen LogP contribution in [-0.2, 0) is 6.42 Å². The Morgan fingerprint density at radius 1 is 1.31 bits per heavy atom. The Bertz CT molecular complexity index is 265. The van der Waals surface area contributed by atoms with Crippen LogP contribution in [0.3, 0.4) is 0 Å². The van der Waals surface area contributed by atoms with E-state index in [1.807, 2.05) is 13.0 Å². The molecule has 0 aliphatic carbocycles. The van der Waals surface area contributed by atoms with Crippen molar-refractivity contribution in [3.8, 4) is 0 Å². The van der Waals surface area contributed by atoms with Crippen molar-refractivity contribution in [3.05, 3.63) is 35.9 Å². The van der Waals surface area contributed by atoms with Gasteiger partial charge in [-0.2, -0.15) is 5.10 Å². The quantitative estimate of drug-likeness (QED) is 0.427. The molecule has 0 fully saturated rings. The largest absolute Gasteiger partial charge is 0.323 e. The highest BCUT2D eigenvalue weighted by Gasteiger charge is 1.93. The lowest BCUT2D eigenvalue weighted by Crippen LogP contribution is -1.97. The number of nitrogens with two attached hydrogens (primary N) is 1. The molecule has 0 atom stereocenters. The number of nitrogens with zero attached hydrogens (tertiary/aromatic N) is 1. The molecule has 0 radical (unpaired) electrons. The van der Waals surface area contributed by atoms with Gasteiger partial charge in [-0.15, -0.1) is 0 Å². The number of aryl methyl sites for hydroxylation is 1. The second kappa shape index (κ2) is 5.36. The first-order valence-corrected chi connectivity index (χ1v) is 4.60. The van der Waals surface area contributed by atoms with E-state index in [4.69, 9.17) is 5.84 Å². The fourth-order valence-electron chi connectivity index (χ4n) is 1.26. The standard InChI is InChI=1S/C11H16N2/c1-10(13-12)6-5-9-11-7-3-2-4-8-11/h2-4,7-8H,5-6,9,12H2,1H3. The molecule has 1 aromatic carbocycles. The molecule has 2 N–H and O–H groups in total. The van der Waals surface area contributed by atoms with Gasteiger partial charge in [-0.25, -0.2) is 0 Å². The van der Waals surface area contributed by atoms with E-state index in [0.717, 1.165) is 25.0 Å². The molecular weight excluding hydrogens is 160 g/mol. The summed E-state index contributed by atoms with van der Waals surface area (Å²) in [6, 6.07) is 10.5. The van der Waals surface area contributed by atoms with E-state index < -0.39 is 0 Å². The number of hydrogen-bond acceptors (Lipinski definition) is 2. The van der Waals surface area contributed by atoms with Crippen LogP contribution in [0, 0.1) is 0 Å². The van der Waals surface area contributed by atoms with Gasteiger partial charge in [-0.05, 0) is 31.7 Å². The van der Waals surface area contributed by atoms with Crippen molar-refractivity contribution in [2.75, 3.05) is 0 Å². The third-order valence-corrected chi connectivity index (χ3v) is 2.07. The molecule has 0 aromatic heterocycles. The van der Waals surface area contributed by atoms with Gasteiger partial charge in [-0.3, -0.25) is 0 Å². The van der Waals surface area contributed by atoms with Crippen LogP contribution in [0.25, 0.3) is 0 Å². The zero-order valence-corrected chi connectivity index (χ0v) is 8.03. The van der Waals surface area contributed by atoms with E-state index >= 15 is 0 Å². The summed E-state index contributed by atoms with van der Waals surface area (Å²) in [6.45, 7) is 1.96. The fourth-order valence-corrected chi connectivity index (χ4v) is 1.26. The SMILES string of the molecule is CC(CCCc1ccccc1)=NN. The molecule has 0 saturated carbocycles. The van der Waals surface area contributed by atoms with Crippen LogP contribution in [0.2, 0.25) is 0 Å². The first-order chi connectivity index (χ1) is 6.33. The maximum atomic E-state index is 5.14. The Morgan fingerprint density at radius 3 is 2.62 bits per heavy atom. The van der Waals surface area contributed by atoms with Gasteiger partial charge in [0.2, 0.25) is 0 Å². The smallest absolute Gasteiger partial charge is 0.0345 e. The maximum absolute atomic E-state index is 5.14. The predicted octanol–water partition coefficient (Wildman–Crippen LogP) is 2.34. The van der Waals surface area contributed by atoms with E-state index in [9.17, 15) is 0 Å². The molecule has 1 rings (SSSR count). The summed E-state index contributed by atoms with van der Waals surface area (Å²) < 4.78 is 0. The van der Waals surface area contributed by atoms with Gasteiger partial charge in [0, 0.05) is 5.71 Å². The molecule has 1 aromatic rings. The molecule has 2 heteroatoms. The molecule has 0 heterocycles. The Hall–Kier alpha value is -1.31. The molecule has 13 heavy (non-hydrogen) atoms. The molecule has 70 valence electrons. The van der Waals surface area contributed by atoms with Crippen molar-refractivity contribution in [2.45, 2.75) is 26.2 Å². The van der Waals surface area contributed by atoms with E-state index in [1.54, 1.807) is 0 Å². The highest BCUT2D eigenvalue weighted by molar-refractivity contribution is 5.81. The van der Waals surface area contributed by atoms with Crippen LogP contribution in [0.1, 0.15) is 25.3 Å². The summed E-state index contributed by atoms with van der Waals surface area (Å²) >= 11 is 0. The molecule has 0 bridgehead atoms. The van der Waals surface area contributed by atoms with Crippen LogP contribution in [0.5, 0.6) is 0 Å². The zero-order chi connectivity index (χ0) is 9.52. The number of hydrogen-bond donors (Lipinski definition) is 1. The highest BCUT2D eigenvalue weighted by Crippen LogP contribution is 2.04. The normalized spacial score (nSPS) is 11.6. The molecule has 0 aliphatic rings. The Kier molecular flexibility index (Phi) is 4.03. The Morgan fingerprint density at radius 2 is 2.00 bits per heavy atom. The van der Waals surface area contributed by atoms with E-state index in [1.165, 1.54) is 5.56 Å². The minimum absolute atomic E-state index is 0.991. The average Bonchev–Trinajstić information content (AvgIpc) is 2.19. The molecule has 0 spiro atoms. The van der Waals surface area contributed by atoms with Crippen molar-refractivity contribution in [2.24, 2.45) is 10.9 Å². The minimum Gasteiger partial charge on any atom is -0.323 e. The molecule has 0 unspecified atom stereocenters. The van der Waals surface area contributed by atoms with Crippen LogP contribution >= 0.6 is 0 Å². The fraction of sp³-hybridized carbons (Fsp3) is 0.364. The molecule has 0 aliphatic heterocycles. The van der Waals surface area contributed by atoms with E-state index in [0.29, 0.717) is 0 Å². The van der Waals surface area contributed by atoms with Crippen molar-refractivity contribution in [1.82, 2.24) is 0 Å². The molecule has 0 saturated heterocycles. The van der Waals surface area contributed by atoms with Gasteiger partial charge in [-0.1, -0.05) is 30.3 Å². The molecule has 0 amide bonds. The zero-order valence-electron chi connectivity index (χ0n) is 8.03. The average molecular weight is 176 g/mol. The molecule has 2 nitrogen and oxygen atoms in total. The lowest BCUT2D eigenvalue weighted by Gasteiger charge is -2.00. The first kappa shape index (κ1) is 9.78. The first-order valence-electron chi connectivity index (χ1n) is 4.60. The van der Waals surface area contributed by atoms with Crippen molar-refractivity contribution in [1.29, 1.82) is 0 Å². The monoisotopic (exact) mass is 176 g/mol. The summed E-state index contributed by atoms with van der Waals surface area (Å²) in [6.07, 6.45) is 3.22. The van der Waals surface area contributed by atoms with Gasteiger partial charge in [0.25, 0.3) is 0 Å². The van der Waals surface area contributed by atoms with Crippen molar-refractivity contribution >= 4 is 5.71 Å². The van der Waals surface area contributed by atoms with Crippen LogP contribution in [0.4, 0.5) is 0 Å². The third-order valence-electron chi connectivity index (χ3n) is 2.07. The van der Waals surface area contributed by atoms with Gasteiger partial charge in [0.05, 0.1) is 0 Å². The number of hydrazone groups is 1. The lowest BCUT2D eigenvalue weighted by molar-refractivity contribution is 0.859. The summed E-state index contributed by atoms with van der Waals surface area (Å²) in [5.74, 6) is 5.14. The Balaban J connectivity index is 2.28. The predicted molar refractivity (Wildman–Crippen MR) is 56.7 cm³/mol. The summed E-state index contributed by atoms with van der Waals surface area (Å²) in [5.41, 5.74) is 2.41. The van der Waals surface area contributed by atoms with Gasteiger partial charge in [0.15, 0.2) is 0 Å². The Labute approximate surface area is 79.5 Å². The van der Waals surface area contributed by atoms with Crippen LogP contribution in [-0.4, -0.2) is 5.71 Å². The lowest BCUT2D eigenvalue weighted by atomic mass is 10.1. The topological polar surface area (TPSA) is 38.4 Å². The minimum atomic E-state index is 0.991. The maximum Gasteiger partial charge on any atom is 0.0345 e. The van der Waals surface area contributed by atoms with Gasteiger partial charge >= 0.3 is 0 Å². The van der Waals surface area contributed by atoms with Gasteiger partial charge < -0.3 is 5.84 Å². The number of rotatable bonds is 4. The van der Waals surface area contributed by atoms with E-state index in [-0.39, 0.29) is 0 Å². The van der Waals surface area contributed by atoms with Crippen LogP contribution < -0.4 is 5.84 Å². The molecular formula is C11H16N2. The highest BCUT2D eigenvalue weighted by atomic mass is 15.1. The second-order valence-corrected chi connectivity index (χ2v) is 3.20. The van der Waals surface area contributed by atoms with Crippen molar-refractivity contribution in [3.63, 3.8) is 0 Å². The summed E-state index contributed by atoms with van der Waals surface area (Å²) in [4.78, 5) is 0. The van der Waals surface area contributed by atoms with E-state index in [2.05, 4.69) is 29.4 Å². The summed E-state index contributed by atoms with van der Waals surface area (Å²) in [7, 11) is 0. The van der Waals surface area contributed by atoms with Crippen molar-refractivity contribution < 1.29 is 0 Å².